The van der Waals surface area contributed by atoms with Crippen LogP contribution in [0.4, 0.5) is 0 Å². The van der Waals surface area contributed by atoms with E-state index in [1.54, 1.807) is 0 Å². The Kier molecular flexibility index (Phi) is 26.9. The van der Waals surface area contributed by atoms with E-state index in [-0.39, 0.29) is 12.5 Å². The van der Waals surface area contributed by atoms with Crippen molar-refractivity contribution in [3.63, 3.8) is 0 Å². The highest BCUT2D eigenvalue weighted by molar-refractivity contribution is 5.77. The molecular formula is C25H49NO8. The minimum atomic E-state index is -1.11. The van der Waals surface area contributed by atoms with Crippen LogP contribution in [0.25, 0.3) is 0 Å². The molecule has 0 fully saturated rings. The number of carboxylic acids is 1. The van der Waals surface area contributed by atoms with Crippen LogP contribution in [0.15, 0.2) is 0 Å². The predicted octanol–water partition coefficient (Wildman–Crippen LogP) is 3.58. The first-order chi connectivity index (χ1) is 16.7. The van der Waals surface area contributed by atoms with Gasteiger partial charge in [0.1, 0.15) is 13.2 Å². The van der Waals surface area contributed by atoms with E-state index in [2.05, 4.69) is 17.0 Å². The highest BCUT2D eigenvalue weighted by atomic mass is 16.6. The molecule has 2 N–H and O–H groups in total. The van der Waals surface area contributed by atoms with E-state index in [4.69, 9.17) is 24.1 Å². The van der Waals surface area contributed by atoms with Crippen LogP contribution in [-0.2, 0) is 33.3 Å². The quantitative estimate of drug-likeness (QED) is 0.160. The first kappa shape index (κ1) is 32.7. The van der Waals surface area contributed by atoms with Crippen molar-refractivity contribution >= 4 is 11.9 Å². The van der Waals surface area contributed by atoms with Crippen molar-refractivity contribution in [2.45, 2.75) is 77.6 Å². The summed E-state index contributed by atoms with van der Waals surface area (Å²) in [5.41, 5.74) is 0. The van der Waals surface area contributed by atoms with Crippen LogP contribution in [0.5, 0.6) is 0 Å². The maximum atomic E-state index is 11.3. The zero-order valence-corrected chi connectivity index (χ0v) is 21.4. The van der Waals surface area contributed by atoms with E-state index in [9.17, 15) is 9.59 Å². The number of hydrogen-bond acceptors (Lipinski definition) is 7. The Hall–Kier alpha value is -1.26. The van der Waals surface area contributed by atoms with Gasteiger partial charge in [0.05, 0.1) is 46.2 Å². The number of carbonyl (C=O) groups excluding carboxylic acids is 1. The van der Waals surface area contributed by atoms with Crippen LogP contribution in [0.3, 0.4) is 0 Å². The molecule has 9 nitrogen and oxygen atoms in total. The van der Waals surface area contributed by atoms with Crippen LogP contribution in [0, 0.1) is 0 Å². The van der Waals surface area contributed by atoms with Gasteiger partial charge in [0, 0.05) is 13.2 Å². The van der Waals surface area contributed by atoms with Gasteiger partial charge in [-0.15, -0.1) is 0 Å². The minimum Gasteiger partial charge on any atom is -0.480 e. The predicted molar refractivity (Wildman–Crippen MR) is 131 cm³/mol. The Bertz CT molecular complexity index is 451. The molecule has 0 aromatic heterocycles. The normalized spacial score (nSPS) is 11.1. The molecular weight excluding hydrogens is 442 g/mol. The molecule has 0 heterocycles. The SMILES string of the molecule is CCCCCCCCCCCCCOCCOCCOCCOCCNC(=O)COCC(=O)O. The lowest BCUT2D eigenvalue weighted by Crippen LogP contribution is -2.31. The van der Waals surface area contributed by atoms with Crippen LogP contribution in [-0.4, -0.2) is 89.6 Å². The van der Waals surface area contributed by atoms with Crippen molar-refractivity contribution in [2.75, 3.05) is 72.6 Å². The summed E-state index contributed by atoms with van der Waals surface area (Å²) in [7, 11) is 0. The number of aliphatic carboxylic acids is 1. The standard InChI is InChI=1S/C25H49NO8/c1-2-3-4-5-6-7-8-9-10-11-12-14-30-16-18-32-20-21-33-19-17-31-15-13-26-24(27)22-34-23-25(28)29/h2-23H2,1H3,(H,26,27)(H,28,29). The fourth-order valence-electron chi connectivity index (χ4n) is 3.17. The fourth-order valence-corrected chi connectivity index (χ4v) is 3.17. The number of carbonyl (C=O) groups is 2. The maximum Gasteiger partial charge on any atom is 0.329 e. The van der Waals surface area contributed by atoms with Gasteiger partial charge >= 0.3 is 5.97 Å². The Balaban J connectivity index is 3.09. The second kappa shape index (κ2) is 28.0. The second-order valence-corrected chi connectivity index (χ2v) is 8.22. The van der Waals surface area contributed by atoms with Gasteiger partial charge in [-0.05, 0) is 6.42 Å². The van der Waals surface area contributed by atoms with E-state index in [0.29, 0.717) is 52.8 Å². The number of rotatable bonds is 28. The molecule has 0 aromatic rings. The molecule has 0 aliphatic carbocycles. The highest BCUT2D eigenvalue weighted by Gasteiger charge is 2.03. The molecule has 0 aliphatic rings. The third kappa shape index (κ3) is 28.8. The molecule has 34 heavy (non-hydrogen) atoms. The number of ether oxygens (including phenoxy) is 5. The van der Waals surface area contributed by atoms with Gasteiger partial charge in [-0.3, -0.25) is 4.79 Å². The summed E-state index contributed by atoms with van der Waals surface area (Å²) >= 11 is 0. The summed E-state index contributed by atoms with van der Waals surface area (Å²) < 4.78 is 26.5. The molecule has 9 heteroatoms. The smallest absolute Gasteiger partial charge is 0.329 e. The van der Waals surface area contributed by atoms with Gasteiger partial charge in [-0.2, -0.15) is 0 Å². The molecule has 0 unspecified atom stereocenters. The van der Waals surface area contributed by atoms with Gasteiger partial charge in [0.15, 0.2) is 0 Å². The van der Waals surface area contributed by atoms with Crippen molar-refractivity contribution in [1.82, 2.24) is 5.32 Å². The van der Waals surface area contributed by atoms with E-state index >= 15 is 0 Å². The van der Waals surface area contributed by atoms with Crippen molar-refractivity contribution in [3.8, 4) is 0 Å². The Morgan fingerprint density at radius 3 is 1.50 bits per heavy atom. The summed E-state index contributed by atoms with van der Waals surface area (Å²) in [5, 5.41) is 11.0. The van der Waals surface area contributed by atoms with E-state index in [1.807, 2.05) is 0 Å². The van der Waals surface area contributed by atoms with E-state index < -0.39 is 12.6 Å². The van der Waals surface area contributed by atoms with Crippen molar-refractivity contribution in [3.05, 3.63) is 0 Å². The Labute approximate surface area is 206 Å². The Morgan fingerprint density at radius 2 is 1.00 bits per heavy atom. The molecule has 0 bridgehead atoms. The van der Waals surface area contributed by atoms with Crippen molar-refractivity contribution < 1.29 is 38.4 Å². The minimum absolute atomic E-state index is 0.278. The highest BCUT2D eigenvalue weighted by Crippen LogP contribution is 2.11. The number of unbranched alkanes of at least 4 members (excludes halogenated alkanes) is 10. The molecule has 0 spiro atoms. The lowest BCUT2D eigenvalue weighted by atomic mass is 10.1. The molecule has 1 amide bonds. The van der Waals surface area contributed by atoms with Gasteiger partial charge in [0.2, 0.25) is 5.91 Å². The average Bonchev–Trinajstić information content (AvgIpc) is 2.81. The summed E-state index contributed by atoms with van der Waals surface area (Å²) in [5.74, 6) is -1.48. The third-order valence-electron chi connectivity index (χ3n) is 5.04. The van der Waals surface area contributed by atoms with Crippen LogP contribution in [0.1, 0.15) is 77.6 Å². The topological polar surface area (TPSA) is 113 Å². The zero-order valence-electron chi connectivity index (χ0n) is 21.4. The van der Waals surface area contributed by atoms with Crippen LogP contribution >= 0.6 is 0 Å². The molecule has 0 aromatic carbocycles. The van der Waals surface area contributed by atoms with Crippen molar-refractivity contribution in [2.24, 2.45) is 0 Å². The first-order valence-corrected chi connectivity index (χ1v) is 13.0. The molecule has 202 valence electrons. The number of nitrogens with one attached hydrogen (secondary N) is 1. The largest absolute Gasteiger partial charge is 0.480 e. The van der Waals surface area contributed by atoms with Gasteiger partial charge in [-0.1, -0.05) is 71.1 Å². The van der Waals surface area contributed by atoms with Crippen LogP contribution in [0.2, 0.25) is 0 Å². The Morgan fingerprint density at radius 1 is 0.559 bits per heavy atom. The molecule has 0 radical (unpaired) electrons. The second-order valence-electron chi connectivity index (χ2n) is 8.22. The van der Waals surface area contributed by atoms with Gasteiger partial charge in [0.25, 0.3) is 0 Å². The first-order valence-electron chi connectivity index (χ1n) is 13.0. The lowest BCUT2D eigenvalue weighted by Gasteiger charge is -2.08. The third-order valence-corrected chi connectivity index (χ3v) is 5.04. The average molecular weight is 492 g/mol. The maximum absolute atomic E-state index is 11.3. The molecule has 0 saturated carbocycles. The van der Waals surface area contributed by atoms with E-state index in [0.717, 1.165) is 13.0 Å². The lowest BCUT2D eigenvalue weighted by molar-refractivity contribution is -0.143. The number of hydrogen-bond donors (Lipinski definition) is 2. The zero-order chi connectivity index (χ0) is 25.0. The monoisotopic (exact) mass is 491 g/mol. The fraction of sp³-hybridized carbons (Fsp3) is 0.920. The van der Waals surface area contributed by atoms with E-state index in [1.165, 1.54) is 64.2 Å². The molecule has 0 aliphatic heterocycles. The van der Waals surface area contributed by atoms with Gasteiger partial charge in [-0.25, -0.2) is 4.79 Å². The van der Waals surface area contributed by atoms with Crippen molar-refractivity contribution in [1.29, 1.82) is 0 Å². The summed E-state index contributed by atoms with van der Waals surface area (Å²) in [6, 6.07) is 0. The number of carboxylic acid groups (broad SMARTS) is 1. The number of amides is 1. The summed E-state index contributed by atoms with van der Waals surface area (Å²) in [4.78, 5) is 21.6. The molecule has 0 rings (SSSR count). The summed E-state index contributed by atoms with van der Waals surface area (Å²) in [6.45, 7) is 6.08. The summed E-state index contributed by atoms with van der Waals surface area (Å²) in [6.07, 6.45) is 14.7. The molecule has 0 saturated heterocycles. The molecule has 0 atom stereocenters. The van der Waals surface area contributed by atoms with Gasteiger partial charge < -0.3 is 34.1 Å². The van der Waals surface area contributed by atoms with Crippen LogP contribution < -0.4 is 5.32 Å².